The largest absolute Gasteiger partial charge is 0.389 e. The summed E-state index contributed by atoms with van der Waals surface area (Å²) < 4.78 is 5.64. The molecule has 1 fully saturated rings. The average Bonchev–Trinajstić information content (AvgIpc) is 2.83. The van der Waals surface area contributed by atoms with Crippen LogP contribution in [0, 0.1) is 0 Å². The minimum Gasteiger partial charge on any atom is -0.389 e. The molecule has 0 saturated carbocycles. The maximum Gasteiger partial charge on any atom is 0.106 e. The van der Waals surface area contributed by atoms with Crippen molar-refractivity contribution in [2.45, 2.75) is 31.9 Å². The third-order valence-corrected chi connectivity index (χ3v) is 3.21. The lowest BCUT2D eigenvalue weighted by Crippen LogP contribution is -2.31. The monoisotopic (exact) mass is 251 g/mol. The van der Waals surface area contributed by atoms with Crippen LogP contribution in [0.25, 0.3) is 0 Å². The number of pyridine rings is 1. The van der Waals surface area contributed by atoms with Gasteiger partial charge in [-0.1, -0.05) is 12.2 Å². The molecule has 2 atom stereocenters. The molecule has 1 aliphatic rings. The second kappa shape index (κ2) is 5.42. The molecular formula is C12H17N3OS. The van der Waals surface area contributed by atoms with Crippen LogP contribution in [-0.2, 0) is 4.74 Å². The Hall–Kier alpha value is -1.20. The van der Waals surface area contributed by atoms with Gasteiger partial charge in [-0.25, -0.2) is 0 Å². The number of aromatic nitrogens is 1. The van der Waals surface area contributed by atoms with Gasteiger partial charge in [-0.15, -0.1) is 0 Å². The van der Waals surface area contributed by atoms with Crippen molar-refractivity contribution < 1.29 is 4.74 Å². The molecule has 0 radical (unpaired) electrons. The van der Waals surface area contributed by atoms with Crippen LogP contribution in [0.4, 0.5) is 5.69 Å². The summed E-state index contributed by atoms with van der Waals surface area (Å²) in [6, 6.07) is 2.06. The Labute approximate surface area is 107 Å². The van der Waals surface area contributed by atoms with Crippen molar-refractivity contribution in [1.82, 2.24) is 4.98 Å². The molecule has 0 spiro atoms. The minimum absolute atomic E-state index is 0.231. The van der Waals surface area contributed by atoms with Gasteiger partial charge in [0.15, 0.2) is 0 Å². The lowest BCUT2D eigenvalue weighted by Gasteiger charge is -2.22. The number of nitrogens with zero attached hydrogens (tertiary/aromatic N) is 1. The lowest BCUT2D eigenvalue weighted by molar-refractivity contribution is 0.0996. The first-order valence-corrected chi connectivity index (χ1v) is 6.21. The van der Waals surface area contributed by atoms with Gasteiger partial charge >= 0.3 is 0 Å². The van der Waals surface area contributed by atoms with E-state index in [0.717, 1.165) is 30.7 Å². The highest BCUT2D eigenvalue weighted by molar-refractivity contribution is 7.80. The highest BCUT2D eigenvalue weighted by Gasteiger charge is 2.22. The fourth-order valence-corrected chi connectivity index (χ4v) is 2.24. The van der Waals surface area contributed by atoms with Crippen molar-refractivity contribution in [2.75, 3.05) is 11.9 Å². The summed E-state index contributed by atoms with van der Waals surface area (Å²) in [4.78, 5) is 4.47. The third kappa shape index (κ3) is 2.92. The highest BCUT2D eigenvalue weighted by atomic mass is 32.1. The molecule has 1 aromatic heterocycles. The summed E-state index contributed by atoms with van der Waals surface area (Å²) in [7, 11) is 0. The van der Waals surface area contributed by atoms with Gasteiger partial charge < -0.3 is 15.8 Å². The molecule has 2 heterocycles. The molecule has 0 amide bonds. The number of nitrogens with one attached hydrogen (secondary N) is 1. The van der Waals surface area contributed by atoms with Crippen molar-refractivity contribution in [2.24, 2.45) is 5.73 Å². The summed E-state index contributed by atoms with van der Waals surface area (Å²) in [6.45, 7) is 2.96. The van der Waals surface area contributed by atoms with Crippen LogP contribution in [0.3, 0.4) is 0 Å². The Morgan fingerprint density at radius 3 is 3.18 bits per heavy atom. The average molecular weight is 251 g/mol. The predicted molar refractivity (Wildman–Crippen MR) is 72.2 cm³/mol. The lowest BCUT2D eigenvalue weighted by atomic mass is 10.1. The second-order valence-corrected chi connectivity index (χ2v) is 4.71. The molecule has 0 aromatic carbocycles. The van der Waals surface area contributed by atoms with Gasteiger partial charge in [0.25, 0.3) is 0 Å². The van der Waals surface area contributed by atoms with Gasteiger partial charge in [-0.2, -0.15) is 0 Å². The first kappa shape index (κ1) is 12.3. The smallest absolute Gasteiger partial charge is 0.106 e. The van der Waals surface area contributed by atoms with E-state index in [-0.39, 0.29) is 12.1 Å². The summed E-state index contributed by atoms with van der Waals surface area (Å²) in [5.41, 5.74) is 7.39. The number of nitrogens with two attached hydrogens (primary N) is 1. The first-order chi connectivity index (χ1) is 8.18. The maximum atomic E-state index is 5.68. The van der Waals surface area contributed by atoms with Crippen molar-refractivity contribution in [1.29, 1.82) is 0 Å². The van der Waals surface area contributed by atoms with Gasteiger partial charge in [0.05, 0.1) is 18.0 Å². The molecular weight excluding hydrogens is 234 g/mol. The van der Waals surface area contributed by atoms with E-state index < -0.39 is 0 Å². The van der Waals surface area contributed by atoms with E-state index in [9.17, 15) is 0 Å². The Balaban J connectivity index is 2.09. The van der Waals surface area contributed by atoms with Crippen molar-refractivity contribution in [3.8, 4) is 0 Å². The van der Waals surface area contributed by atoms with E-state index >= 15 is 0 Å². The summed E-state index contributed by atoms with van der Waals surface area (Å²) in [5.74, 6) is 0. The van der Waals surface area contributed by atoms with E-state index in [0.29, 0.717) is 4.99 Å². The number of hydrogen-bond acceptors (Lipinski definition) is 4. The Morgan fingerprint density at radius 1 is 1.71 bits per heavy atom. The second-order valence-electron chi connectivity index (χ2n) is 4.27. The number of ether oxygens (including phenoxy) is 1. The number of hydrogen-bond donors (Lipinski definition) is 2. The summed E-state index contributed by atoms with van der Waals surface area (Å²) in [5, 5.41) is 3.38. The number of thiocarbonyl (C=S) groups is 1. The van der Waals surface area contributed by atoms with E-state index in [2.05, 4.69) is 17.2 Å². The normalized spacial score (nSPS) is 21.1. The molecule has 0 aliphatic carbocycles. The van der Waals surface area contributed by atoms with E-state index in [1.54, 1.807) is 12.4 Å². The predicted octanol–water partition coefficient (Wildman–Crippen LogP) is 1.70. The fourth-order valence-electron chi connectivity index (χ4n) is 2.06. The first-order valence-electron chi connectivity index (χ1n) is 5.80. The van der Waals surface area contributed by atoms with Gasteiger partial charge in [0.1, 0.15) is 4.99 Å². The van der Waals surface area contributed by atoms with Crippen molar-refractivity contribution >= 4 is 22.9 Å². The molecule has 92 valence electrons. The van der Waals surface area contributed by atoms with Crippen LogP contribution < -0.4 is 11.1 Å². The van der Waals surface area contributed by atoms with Crippen LogP contribution in [0.15, 0.2) is 18.5 Å². The standard InChI is InChI=1S/C12H17N3OS/c1-8(11-3-2-6-16-11)15-10-7-14-5-4-9(10)12(13)17/h4-5,7-8,11,15H,2-3,6H2,1H3,(H2,13,17). The van der Waals surface area contributed by atoms with Crippen LogP contribution in [0.2, 0.25) is 0 Å². The summed E-state index contributed by atoms with van der Waals surface area (Å²) >= 11 is 5.02. The zero-order valence-corrected chi connectivity index (χ0v) is 10.7. The van der Waals surface area contributed by atoms with Crippen molar-refractivity contribution in [3.05, 3.63) is 24.0 Å². The zero-order valence-electron chi connectivity index (χ0n) is 9.85. The van der Waals surface area contributed by atoms with E-state index in [4.69, 9.17) is 22.7 Å². The van der Waals surface area contributed by atoms with E-state index in [1.807, 2.05) is 6.07 Å². The summed E-state index contributed by atoms with van der Waals surface area (Å²) in [6.07, 6.45) is 5.92. The zero-order chi connectivity index (χ0) is 12.3. The maximum absolute atomic E-state index is 5.68. The van der Waals surface area contributed by atoms with Crippen LogP contribution >= 0.6 is 12.2 Å². The molecule has 1 aromatic rings. The molecule has 0 bridgehead atoms. The number of rotatable bonds is 4. The molecule has 4 nitrogen and oxygen atoms in total. The minimum atomic E-state index is 0.231. The van der Waals surface area contributed by atoms with Gasteiger partial charge in [0, 0.05) is 24.4 Å². The fraction of sp³-hybridized carbons (Fsp3) is 0.500. The van der Waals surface area contributed by atoms with Crippen molar-refractivity contribution in [3.63, 3.8) is 0 Å². The van der Waals surface area contributed by atoms with Gasteiger partial charge in [0.2, 0.25) is 0 Å². The Kier molecular flexibility index (Phi) is 3.91. The van der Waals surface area contributed by atoms with Gasteiger partial charge in [-0.05, 0) is 25.8 Å². The molecule has 5 heteroatoms. The molecule has 2 unspecified atom stereocenters. The highest BCUT2D eigenvalue weighted by Crippen LogP contribution is 2.20. The molecule has 1 aliphatic heterocycles. The molecule has 2 rings (SSSR count). The molecule has 17 heavy (non-hydrogen) atoms. The Bertz CT molecular complexity index is 404. The van der Waals surface area contributed by atoms with Crippen LogP contribution in [-0.4, -0.2) is 28.7 Å². The van der Waals surface area contributed by atoms with Crippen LogP contribution in [0.5, 0.6) is 0 Å². The van der Waals surface area contributed by atoms with E-state index in [1.165, 1.54) is 0 Å². The third-order valence-electron chi connectivity index (χ3n) is 2.99. The van der Waals surface area contributed by atoms with Gasteiger partial charge in [-0.3, -0.25) is 4.98 Å². The quantitative estimate of drug-likeness (QED) is 0.798. The Morgan fingerprint density at radius 2 is 2.53 bits per heavy atom. The molecule has 1 saturated heterocycles. The molecule has 3 N–H and O–H groups in total. The van der Waals surface area contributed by atoms with Crippen LogP contribution in [0.1, 0.15) is 25.3 Å². The SMILES string of the molecule is CC(Nc1cnccc1C(N)=S)C1CCCO1. The number of anilines is 1. The topological polar surface area (TPSA) is 60.2 Å².